The molecule has 98 valence electrons. The predicted octanol–water partition coefficient (Wildman–Crippen LogP) is 3.07. The second-order valence-corrected chi connectivity index (χ2v) is 5.26. The molecule has 2 heteroatoms. The highest BCUT2D eigenvalue weighted by atomic mass is 14.9. The first-order chi connectivity index (χ1) is 8.72. The largest absolute Gasteiger partial charge is 0.399 e. The van der Waals surface area contributed by atoms with E-state index in [0.717, 1.165) is 31.4 Å². The van der Waals surface area contributed by atoms with E-state index in [-0.39, 0.29) is 0 Å². The third kappa shape index (κ3) is 3.14. The predicted molar refractivity (Wildman–Crippen MR) is 78.7 cm³/mol. The van der Waals surface area contributed by atoms with E-state index in [1.165, 1.54) is 17.5 Å². The molecule has 2 unspecified atom stereocenters. The summed E-state index contributed by atoms with van der Waals surface area (Å²) in [7, 11) is 0. The Bertz CT molecular complexity index is 412. The number of rotatable bonds is 5. The fraction of sp³-hybridized carbons (Fsp3) is 0.500. The molecule has 0 radical (unpaired) electrons. The molecule has 0 bridgehead atoms. The molecule has 0 saturated carbocycles. The van der Waals surface area contributed by atoms with Gasteiger partial charge in [0.15, 0.2) is 0 Å². The minimum Gasteiger partial charge on any atom is -0.399 e. The van der Waals surface area contributed by atoms with Crippen LogP contribution < -0.4 is 11.1 Å². The van der Waals surface area contributed by atoms with Gasteiger partial charge < -0.3 is 11.1 Å². The minimum absolute atomic E-state index is 0.565. The Hall–Kier alpha value is -1.28. The molecular weight excluding hydrogens is 220 g/mol. The molecular formula is C16H24N2. The first kappa shape index (κ1) is 13.2. The van der Waals surface area contributed by atoms with E-state index in [0.29, 0.717) is 12.1 Å². The third-order valence-electron chi connectivity index (χ3n) is 3.87. The summed E-state index contributed by atoms with van der Waals surface area (Å²) in [6.07, 6.45) is 7.72. The second-order valence-electron chi connectivity index (χ2n) is 5.26. The Morgan fingerprint density at radius 2 is 2.33 bits per heavy atom. The molecule has 0 aromatic heterocycles. The average molecular weight is 244 g/mol. The lowest BCUT2D eigenvalue weighted by Gasteiger charge is -2.29. The number of hydrogen-bond donors (Lipinski definition) is 2. The van der Waals surface area contributed by atoms with Crippen molar-refractivity contribution in [3.63, 3.8) is 0 Å². The van der Waals surface area contributed by atoms with E-state index < -0.39 is 0 Å². The number of anilines is 1. The lowest BCUT2D eigenvalue weighted by Crippen LogP contribution is -2.41. The summed E-state index contributed by atoms with van der Waals surface area (Å²) in [6, 6.07) is 7.48. The average Bonchev–Trinajstić information content (AvgIpc) is 2.37. The van der Waals surface area contributed by atoms with Gasteiger partial charge in [0.1, 0.15) is 0 Å². The van der Waals surface area contributed by atoms with Crippen molar-refractivity contribution in [3.05, 3.63) is 42.0 Å². The van der Waals surface area contributed by atoms with Crippen molar-refractivity contribution in [2.45, 2.75) is 51.1 Å². The summed E-state index contributed by atoms with van der Waals surface area (Å²) >= 11 is 0. The first-order valence-corrected chi connectivity index (χ1v) is 6.97. The Morgan fingerprint density at radius 3 is 3.06 bits per heavy atom. The van der Waals surface area contributed by atoms with Gasteiger partial charge in [-0.05, 0) is 55.4 Å². The molecule has 1 aromatic carbocycles. The van der Waals surface area contributed by atoms with Crippen LogP contribution in [0.25, 0.3) is 0 Å². The summed E-state index contributed by atoms with van der Waals surface area (Å²) in [5, 5.41) is 3.75. The van der Waals surface area contributed by atoms with E-state index in [9.17, 15) is 0 Å². The Labute approximate surface area is 110 Å². The fourth-order valence-corrected chi connectivity index (χ4v) is 2.81. The van der Waals surface area contributed by atoms with Gasteiger partial charge in [-0.3, -0.25) is 0 Å². The first-order valence-electron chi connectivity index (χ1n) is 6.97. The zero-order chi connectivity index (χ0) is 13.0. The number of benzene rings is 1. The van der Waals surface area contributed by atoms with Crippen LogP contribution in [-0.4, -0.2) is 12.1 Å². The molecule has 0 heterocycles. The minimum atomic E-state index is 0.565. The number of nitrogen functional groups attached to an aromatic ring is 1. The quantitative estimate of drug-likeness (QED) is 0.617. The van der Waals surface area contributed by atoms with Crippen LogP contribution in [0.3, 0.4) is 0 Å². The number of hydrogen-bond acceptors (Lipinski definition) is 2. The highest BCUT2D eigenvalue weighted by Gasteiger charge is 2.20. The standard InChI is InChI=1S/C16H24N2/c1-3-5-15(4-2)18-16-9-7-12-6-8-14(17)10-13(12)11-16/h3,6,8,10,15-16,18H,1,4-5,7,9,11,17H2,2H3. The molecule has 1 aliphatic rings. The van der Waals surface area contributed by atoms with E-state index in [1.807, 2.05) is 12.1 Å². The summed E-state index contributed by atoms with van der Waals surface area (Å²) in [5.74, 6) is 0. The molecule has 0 amide bonds. The molecule has 0 fully saturated rings. The zero-order valence-electron chi connectivity index (χ0n) is 11.3. The van der Waals surface area contributed by atoms with Crippen molar-refractivity contribution < 1.29 is 0 Å². The van der Waals surface area contributed by atoms with Crippen LogP contribution in [0.1, 0.15) is 37.3 Å². The van der Waals surface area contributed by atoms with Crippen LogP contribution in [-0.2, 0) is 12.8 Å². The SMILES string of the molecule is C=CCC(CC)NC1CCc2ccc(N)cc2C1. The Morgan fingerprint density at radius 1 is 1.50 bits per heavy atom. The van der Waals surface area contributed by atoms with Crippen molar-refractivity contribution in [1.29, 1.82) is 0 Å². The van der Waals surface area contributed by atoms with Crippen molar-refractivity contribution in [2.24, 2.45) is 0 Å². The molecule has 2 nitrogen and oxygen atoms in total. The molecule has 2 rings (SSSR count). The van der Waals surface area contributed by atoms with Crippen molar-refractivity contribution in [1.82, 2.24) is 5.32 Å². The van der Waals surface area contributed by atoms with E-state index in [2.05, 4.69) is 31.0 Å². The molecule has 0 spiro atoms. The van der Waals surface area contributed by atoms with Crippen LogP contribution in [0.15, 0.2) is 30.9 Å². The number of aryl methyl sites for hydroxylation is 1. The third-order valence-corrected chi connectivity index (χ3v) is 3.87. The van der Waals surface area contributed by atoms with Crippen LogP contribution in [0.2, 0.25) is 0 Å². The van der Waals surface area contributed by atoms with Crippen molar-refractivity contribution >= 4 is 5.69 Å². The highest BCUT2D eigenvalue weighted by Crippen LogP contribution is 2.24. The molecule has 3 N–H and O–H groups in total. The number of nitrogens with one attached hydrogen (secondary N) is 1. The van der Waals surface area contributed by atoms with Crippen LogP contribution in [0, 0.1) is 0 Å². The van der Waals surface area contributed by atoms with Gasteiger partial charge in [-0.2, -0.15) is 0 Å². The summed E-state index contributed by atoms with van der Waals surface area (Å²) in [5.41, 5.74) is 9.65. The maximum absolute atomic E-state index is 5.87. The van der Waals surface area contributed by atoms with E-state index in [4.69, 9.17) is 5.73 Å². The Balaban J connectivity index is 2.00. The number of fused-ring (bicyclic) bond motifs is 1. The van der Waals surface area contributed by atoms with Gasteiger partial charge in [0.05, 0.1) is 0 Å². The van der Waals surface area contributed by atoms with Crippen molar-refractivity contribution in [2.75, 3.05) is 5.73 Å². The topological polar surface area (TPSA) is 38.0 Å². The second kappa shape index (κ2) is 6.05. The summed E-state index contributed by atoms with van der Waals surface area (Å²) < 4.78 is 0. The zero-order valence-corrected chi connectivity index (χ0v) is 11.3. The molecule has 0 aliphatic heterocycles. The van der Waals surface area contributed by atoms with Gasteiger partial charge in [0.25, 0.3) is 0 Å². The molecule has 2 atom stereocenters. The van der Waals surface area contributed by atoms with E-state index >= 15 is 0 Å². The fourth-order valence-electron chi connectivity index (χ4n) is 2.81. The molecule has 1 aromatic rings. The summed E-state index contributed by atoms with van der Waals surface area (Å²) in [6.45, 7) is 6.06. The van der Waals surface area contributed by atoms with Crippen molar-refractivity contribution in [3.8, 4) is 0 Å². The molecule has 1 aliphatic carbocycles. The smallest absolute Gasteiger partial charge is 0.0316 e. The summed E-state index contributed by atoms with van der Waals surface area (Å²) in [4.78, 5) is 0. The van der Waals surface area contributed by atoms with Gasteiger partial charge in [0.2, 0.25) is 0 Å². The number of nitrogens with two attached hydrogens (primary N) is 1. The van der Waals surface area contributed by atoms with Gasteiger partial charge in [-0.25, -0.2) is 0 Å². The van der Waals surface area contributed by atoms with Gasteiger partial charge >= 0.3 is 0 Å². The highest BCUT2D eigenvalue weighted by molar-refractivity contribution is 5.46. The van der Waals surface area contributed by atoms with Crippen LogP contribution >= 0.6 is 0 Å². The van der Waals surface area contributed by atoms with Gasteiger partial charge in [-0.15, -0.1) is 6.58 Å². The Kier molecular flexibility index (Phi) is 4.43. The molecule has 18 heavy (non-hydrogen) atoms. The monoisotopic (exact) mass is 244 g/mol. The van der Waals surface area contributed by atoms with Crippen LogP contribution in [0.5, 0.6) is 0 Å². The molecule has 0 saturated heterocycles. The lowest BCUT2D eigenvalue weighted by molar-refractivity contribution is 0.386. The maximum Gasteiger partial charge on any atom is 0.0316 e. The maximum atomic E-state index is 5.87. The van der Waals surface area contributed by atoms with E-state index in [1.54, 1.807) is 0 Å². The normalized spacial score (nSPS) is 20.2. The lowest BCUT2D eigenvalue weighted by atomic mass is 9.87. The van der Waals surface area contributed by atoms with Gasteiger partial charge in [0, 0.05) is 17.8 Å². The van der Waals surface area contributed by atoms with Crippen LogP contribution in [0.4, 0.5) is 5.69 Å². The van der Waals surface area contributed by atoms with Gasteiger partial charge in [-0.1, -0.05) is 19.1 Å².